The second-order valence-electron chi connectivity index (χ2n) is 4.26. The Bertz CT molecular complexity index is 395. The molecule has 2 N–H and O–H groups in total. The molecule has 0 radical (unpaired) electrons. The van der Waals surface area contributed by atoms with Crippen molar-refractivity contribution in [2.75, 3.05) is 19.8 Å². The Kier molecular flexibility index (Phi) is 6.09. The summed E-state index contributed by atoms with van der Waals surface area (Å²) < 4.78 is 11.1. The fraction of sp³-hybridized carbons (Fsp3) is 0.500. The first-order valence-corrected chi connectivity index (χ1v) is 6.58. The summed E-state index contributed by atoms with van der Waals surface area (Å²) in [5.41, 5.74) is 8.61. The lowest BCUT2D eigenvalue weighted by Gasteiger charge is -2.13. The highest BCUT2D eigenvalue weighted by atomic mass is 32.1. The molecule has 0 saturated heterocycles. The molecule has 0 saturated carbocycles. The minimum atomic E-state index is 0.416. The van der Waals surface area contributed by atoms with Crippen molar-refractivity contribution in [2.45, 2.75) is 27.2 Å². The first-order valence-electron chi connectivity index (χ1n) is 6.17. The molecule has 0 fully saturated rings. The summed E-state index contributed by atoms with van der Waals surface area (Å²) in [6.07, 6.45) is 1.03. The van der Waals surface area contributed by atoms with Crippen LogP contribution in [-0.2, 0) is 4.74 Å². The topological polar surface area (TPSA) is 44.5 Å². The Hall–Kier alpha value is -1.13. The maximum atomic E-state index is 5.74. The summed E-state index contributed by atoms with van der Waals surface area (Å²) in [4.78, 5) is 0.416. The SMILES string of the molecule is CCCOCCOc1c(C)cc(C(N)=S)cc1C. The van der Waals surface area contributed by atoms with Crippen molar-refractivity contribution in [3.8, 4) is 5.75 Å². The number of ether oxygens (including phenoxy) is 2. The molecule has 0 spiro atoms. The summed E-state index contributed by atoms with van der Waals surface area (Å²) in [6, 6.07) is 3.91. The predicted octanol–water partition coefficient (Wildman–Crippen LogP) is 2.74. The zero-order valence-corrected chi connectivity index (χ0v) is 12.1. The second-order valence-corrected chi connectivity index (χ2v) is 4.70. The molecule has 18 heavy (non-hydrogen) atoms. The van der Waals surface area contributed by atoms with Crippen molar-refractivity contribution in [1.82, 2.24) is 0 Å². The number of benzene rings is 1. The van der Waals surface area contributed by atoms with Crippen LogP contribution in [0, 0.1) is 13.8 Å². The van der Waals surface area contributed by atoms with Crippen LogP contribution in [0.1, 0.15) is 30.0 Å². The van der Waals surface area contributed by atoms with Gasteiger partial charge in [0.15, 0.2) is 0 Å². The van der Waals surface area contributed by atoms with Gasteiger partial charge in [-0.1, -0.05) is 19.1 Å². The molecule has 3 nitrogen and oxygen atoms in total. The molecule has 0 amide bonds. The minimum absolute atomic E-state index is 0.416. The molecule has 0 aliphatic carbocycles. The molecule has 100 valence electrons. The lowest BCUT2D eigenvalue weighted by Crippen LogP contribution is -2.12. The smallest absolute Gasteiger partial charge is 0.125 e. The van der Waals surface area contributed by atoms with Gasteiger partial charge < -0.3 is 15.2 Å². The Balaban J connectivity index is 2.63. The average Bonchev–Trinajstić information content (AvgIpc) is 2.31. The second kappa shape index (κ2) is 7.34. The molecule has 1 aromatic rings. The summed E-state index contributed by atoms with van der Waals surface area (Å²) in [5.74, 6) is 0.898. The molecule has 1 aromatic carbocycles. The van der Waals surface area contributed by atoms with Crippen molar-refractivity contribution in [1.29, 1.82) is 0 Å². The van der Waals surface area contributed by atoms with Crippen LogP contribution < -0.4 is 10.5 Å². The minimum Gasteiger partial charge on any atom is -0.491 e. The van der Waals surface area contributed by atoms with E-state index in [1.165, 1.54) is 0 Å². The van der Waals surface area contributed by atoms with Gasteiger partial charge >= 0.3 is 0 Å². The van der Waals surface area contributed by atoms with E-state index in [9.17, 15) is 0 Å². The number of hydrogen-bond donors (Lipinski definition) is 1. The third kappa shape index (κ3) is 4.27. The molecule has 4 heteroatoms. The number of rotatable bonds is 7. The van der Waals surface area contributed by atoms with Crippen LogP contribution in [0.2, 0.25) is 0 Å². The van der Waals surface area contributed by atoms with Crippen LogP contribution >= 0.6 is 12.2 Å². The van der Waals surface area contributed by atoms with E-state index >= 15 is 0 Å². The van der Waals surface area contributed by atoms with E-state index in [-0.39, 0.29) is 0 Å². The molecule has 1 rings (SSSR count). The fourth-order valence-electron chi connectivity index (χ4n) is 1.77. The number of hydrogen-bond acceptors (Lipinski definition) is 3. The zero-order chi connectivity index (χ0) is 13.5. The Morgan fingerprint density at radius 1 is 1.17 bits per heavy atom. The highest BCUT2D eigenvalue weighted by Crippen LogP contribution is 2.24. The van der Waals surface area contributed by atoms with Crippen LogP contribution in [0.25, 0.3) is 0 Å². The maximum Gasteiger partial charge on any atom is 0.125 e. The lowest BCUT2D eigenvalue weighted by molar-refractivity contribution is 0.100. The van der Waals surface area contributed by atoms with Crippen molar-refractivity contribution >= 4 is 17.2 Å². The Morgan fingerprint density at radius 3 is 2.28 bits per heavy atom. The Morgan fingerprint density at radius 2 is 1.78 bits per heavy atom. The first-order chi connectivity index (χ1) is 8.56. The zero-order valence-electron chi connectivity index (χ0n) is 11.3. The van der Waals surface area contributed by atoms with E-state index in [0.29, 0.717) is 18.2 Å². The van der Waals surface area contributed by atoms with Gasteiger partial charge in [0, 0.05) is 12.2 Å². The van der Waals surface area contributed by atoms with Gasteiger partial charge in [-0.15, -0.1) is 0 Å². The summed E-state index contributed by atoms with van der Waals surface area (Å²) in [7, 11) is 0. The van der Waals surface area contributed by atoms with Gasteiger partial charge in [-0.2, -0.15) is 0 Å². The molecule has 0 bridgehead atoms. The first kappa shape index (κ1) is 14.9. The summed E-state index contributed by atoms with van der Waals surface area (Å²) in [6.45, 7) is 8.04. The number of nitrogens with two attached hydrogens (primary N) is 1. The van der Waals surface area contributed by atoms with E-state index < -0.39 is 0 Å². The monoisotopic (exact) mass is 267 g/mol. The van der Waals surface area contributed by atoms with Gasteiger partial charge in [0.05, 0.1) is 6.61 Å². The van der Waals surface area contributed by atoms with Gasteiger partial charge in [-0.3, -0.25) is 0 Å². The van der Waals surface area contributed by atoms with Gasteiger partial charge in [0.25, 0.3) is 0 Å². The molecule has 0 heterocycles. The van der Waals surface area contributed by atoms with E-state index in [1.54, 1.807) is 0 Å². The summed E-state index contributed by atoms with van der Waals surface area (Å²) in [5, 5.41) is 0. The lowest BCUT2D eigenvalue weighted by atomic mass is 10.1. The van der Waals surface area contributed by atoms with E-state index in [4.69, 9.17) is 27.4 Å². The van der Waals surface area contributed by atoms with Crippen LogP contribution in [-0.4, -0.2) is 24.8 Å². The molecule has 0 atom stereocenters. The molecule has 0 unspecified atom stereocenters. The molecular formula is C14H21NO2S. The van der Waals surface area contributed by atoms with Gasteiger partial charge in [-0.05, 0) is 43.5 Å². The third-order valence-electron chi connectivity index (χ3n) is 2.57. The van der Waals surface area contributed by atoms with Crippen LogP contribution in [0.15, 0.2) is 12.1 Å². The van der Waals surface area contributed by atoms with Crippen LogP contribution in [0.4, 0.5) is 0 Å². The average molecular weight is 267 g/mol. The Labute approximate surface area is 114 Å². The summed E-state index contributed by atoms with van der Waals surface area (Å²) >= 11 is 4.98. The van der Waals surface area contributed by atoms with E-state index in [0.717, 1.165) is 35.5 Å². The van der Waals surface area contributed by atoms with Gasteiger partial charge in [0.1, 0.15) is 17.3 Å². The molecular weight excluding hydrogens is 246 g/mol. The van der Waals surface area contributed by atoms with E-state index in [1.807, 2.05) is 26.0 Å². The van der Waals surface area contributed by atoms with Crippen molar-refractivity contribution in [2.24, 2.45) is 5.73 Å². The van der Waals surface area contributed by atoms with Crippen molar-refractivity contribution < 1.29 is 9.47 Å². The molecule has 0 aliphatic rings. The highest BCUT2D eigenvalue weighted by Gasteiger charge is 2.07. The maximum absolute atomic E-state index is 5.74. The molecule has 0 aliphatic heterocycles. The van der Waals surface area contributed by atoms with Gasteiger partial charge in [-0.25, -0.2) is 0 Å². The quantitative estimate of drug-likeness (QED) is 0.609. The van der Waals surface area contributed by atoms with Crippen molar-refractivity contribution in [3.63, 3.8) is 0 Å². The van der Waals surface area contributed by atoms with E-state index in [2.05, 4.69) is 6.92 Å². The fourth-order valence-corrected chi connectivity index (χ4v) is 1.89. The largest absolute Gasteiger partial charge is 0.491 e. The number of aryl methyl sites for hydroxylation is 2. The highest BCUT2D eigenvalue weighted by molar-refractivity contribution is 7.80. The normalized spacial score (nSPS) is 10.4. The predicted molar refractivity (Wildman–Crippen MR) is 78.4 cm³/mol. The molecule has 0 aromatic heterocycles. The third-order valence-corrected chi connectivity index (χ3v) is 2.80. The standard InChI is InChI=1S/C14H21NO2S/c1-4-5-16-6-7-17-13-10(2)8-12(14(15)18)9-11(13)3/h8-9H,4-7H2,1-3H3,(H2,15,18). The van der Waals surface area contributed by atoms with Crippen LogP contribution in [0.3, 0.4) is 0 Å². The number of thiocarbonyl (C=S) groups is 1. The van der Waals surface area contributed by atoms with Gasteiger partial charge in [0.2, 0.25) is 0 Å². The van der Waals surface area contributed by atoms with Crippen molar-refractivity contribution in [3.05, 3.63) is 28.8 Å². The van der Waals surface area contributed by atoms with Crippen LogP contribution in [0.5, 0.6) is 5.75 Å².